The Morgan fingerprint density at radius 3 is 2.72 bits per heavy atom. The van der Waals surface area contributed by atoms with Gasteiger partial charge in [0.05, 0.1) is 12.2 Å². The molecule has 0 fully saturated rings. The quantitative estimate of drug-likeness (QED) is 0.560. The Balaban J connectivity index is 2.22. The summed E-state index contributed by atoms with van der Waals surface area (Å²) in [6.45, 7) is 0.500. The van der Waals surface area contributed by atoms with Gasteiger partial charge in [-0.2, -0.15) is 0 Å². The Hall–Kier alpha value is -0.760. The van der Waals surface area contributed by atoms with E-state index in [2.05, 4.69) is 27.9 Å². The lowest BCUT2D eigenvalue weighted by Gasteiger charge is -2.06. The van der Waals surface area contributed by atoms with Gasteiger partial charge in [-0.15, -0.1) is 11.8 Å². The Morgan fingerprint density at radius 2 is 2.06 bits per heavy atom. The predicted molar refractivity (Wildman–Crippen MR) is 80.8 cm³/mol. The van der Waals surface area contributed by atoms with Crippen LogP contribution < -0.4 is 5.32 Å². The highest BCUT2D eigenvalue weighted by Crippen LogP contribution is 2.11. The molecule has 0 aromatic heterocycles. The smallest absolute Gasteiger partial charge is 0.313 e. The zero-order valence-electron chi connectivity index (χ0n) is 9.69. The second-order valence-electron chi connectivity index (χ2n) is 3.56. The van der Waals surface area contributed by atoms with E-state index in [9.17, 15) is 9.59 Å². The van der Waals surface area contributed by atoms with Crippen molar-refractivity contribution in [3.63, 3.8) is 0 Å². The summed E-state index contributed by atoms with van der Waals surface area (Å²) in [5.74, 6) is -0.170. The van der Waals surface area contributed by atoms with Crippen molar-refractivity contribution in [2.75, 3.05) is 18.1 Å². The number of hydrogen-bond donors (Lipinski definition) is 2. The topological polar surface area (TPSA) is 66.4 Å². The molecule has 1 aromatic carbocycles. The maximum absolute atomic E-state index is 11.6. The van der Waals surface area contributed by atoms with Crippen LogP contribution in [0.5, 0.6) is 0 Å². The van der Waals surface area contributed by atoms with Gasteiger partial charge in [0.25, 0.3) is 0 Å². The van der Waals surface area contributed by atoms with E-state index in [-0.39, 0.29) is 11.7 Å². The number of hydrogen-bond acceptors (Lipinski definition) is 3. The molecule has 0 radical (unpaired) electrons. The maximum atomic E-state index is 11.6. The minimum absolute atomic E-state index is 0.0324. The molecule has 0 heterocycles. The van der Waals surface area contributed by atoms with Gasteiger partial charge in [-0.3, -0.25) is 9.59 Å². The van der Waals surface area contributed by atoms with Crippen LogP contribution in [0, 0.1) is 3.57 Å². The molecule has 4 nitrogen and oxygen atoms in total. The first-order chi connectivity index (χ1) is 8.59. The molecule has 0 bridgehead atoms. The number of aliphatic carboxylic acids is 1. The van der Waals surface area contributed by atoms with E-state index in [1.807, 2.05) is 24.3 Å². The van der Waals surface area contributed by atoms with Gasteiger partial charge in [-0.05, 0) is 34.2 Å². The first-order valence-electron chi connectivity index (χ1n) is 5.39. The molecule has 0 saturated heterocycles. The van der Waals surface area contributed by atoms with Gasteiger partial charge in [-0.1, -0.05) is 18.2 Å². The predicted octanol–water partition coefficient (Wildman–Crippen LogP) is 1.77. The van der Waals surface area contributed by atoms with Crippen molar-refractivity contribution in [3.8, 4) is 0 Å². The summed E-state index contributed by atoms with van der Waals surface area (Å²) < 4.78 is 1.07. The first-order valence-corrected chi connectivity index (χ1v) is 7.62. The molecule has 0 atom stereocenters. The van der Waals surface area contributed by atoms with Crippen molar-refractivity contribution in [2.45, 2.75) is 6.42 Å². The first kappa shape index (κ1) is 15.3. The molecule has 0 saturated carbocycles. The minimum atomic E-state index is -0.829. The van der Waals surface area contributed by atoms with E-state index in [0.717, 1.165) is 9.13 Å². The van der Waals surface area contributed by atoms with Gasteiger partial charge in [0.1, 0.15) is 0 Å². The minimum Gasteiger partial charge on any atom is -0.481 e. The van der Waals surface area contributed by atoms with Gasteiger partial charge in [-0.25, -0.2) is 0 Å². The largest absolute Gasteiger partial charge is 0.481 e. The molecule has 1 rings (SSSR count). The summed E-state index contributed by atoms with van der Waals surface area (Å²) in [5, 5.41) is 11.2. The second-order valence-corrected chi connectivity index (χ2v) is 5.83. The van der Waals surface area contributed by atoms with Crippen molar-refractivity contribution >= 4 is 46.2 Å². The van der Waals surface area contributed by atoms with Crippen LogP contribution in [-0.4, -0.2) is 35.0 Å². The van der Waals surface area contributed by atoms with E-state index >= 15 is 0 Å². The van der Waals surface area contributed by atoms with Crippen LogP contribution in [0.15, 0.2) is 24.3 Å². The highest BCUT2D eigenvalue weighted by atomic mass is 127. The maximum Gasteiger partial charge on any atom is 0.313 e. The summed E-state index contributed by atoms with van der Waals surface area (Å²) in [7, 11) is 0. The third-order valence-corrected chi connectivity index (χ3v) is 4.10. The Kier molecular flexibility index (Phi) is 7.11. The summed E-state index contributed by atoms with van der Waals surface area (Å²) in [6, 6.07) is 7.74. The van der Waals surface area contributed by atoms with Crippen molar-refractivity contribution in [1.29, 1.82) is 0 Å². The summed E-state index contributed by atoms with van der Waals surface area (Å²) in [4.78, 5) is 21.9. The van der Waals surface area contributed by atoms with Crippen LogP contribution in [0.1, 0.15) is 5.56 Å². The number of carboxylic acids is 1. The van der Waals surface area contributed by atoms with E-state index in [1.165, 1.54) is 11.8 Å². The van der Waals surface area contributed by atoms with Gasteiger partial charge >= 0.3 is 5.97 Å². The number of amides is 1. The summed E-state index contributed by atoms with van der Waals surface area (Å²) in [6.07, 6.45) is 0.364. The van der Waals surface area contributed by atoms with Crippen molar-refractivity contribution in [1.82, 2.24) is 5.32 Å². The lowest BCUT2D eigenvalue weighted by atomic mass is 10.1. The van der Waals surface area contributed by atoms with E-state index < -0.39 is 5.97 Å². The third kappa shape index (κ3) is 6.25. The number of carbonyl (C=O) groups excluding carboxylic acids is 1. The van der Waals surface area contributed by atoms with Crippen LogP contribution in [0.3, 0.4) is 0 Å². The zero-order valence-corrected chi connectivity index (χ0v) is 12.7. The molecule has 1 amide bonds. The van der Waals surface area contributed by atoms with Crippen LogP contribution in [0.4, 0.5) is 0 Å². The molecule has 0 unspecified atom stereocenters. The van der Waals surface area contributed by atoms with Crippen LogP contribution in [0.2, 0.25) is 0 Å². The number of thioether (sulfide) groups is 1. The molecular weight excluding hydrogens is 365 g/mol. The van der Waals surface area contributed by atoms with Crippen LogP contribution >= 0.6 is 34.4 Å². The average molecular weight is 379 g/mol. The van der Waals surface area contributed by atoms with Gasteiger partial charge in [0, 0.05) is 15.9 Å². The third-order valence-electron chi connectivity index (χ3n) is 2.10. The highest BCUT2D eigenvalue weighted by Gasteiger charge is 2.05. The second kappa shape index (κ2) is 8.36. The summed E-state index contributed by atoms with van der Waals surface area (Å²) >= 11 is 3.50. The number of nitrogens with one attached hydrogen (secondary N) is 1. The molecule has 98 valence electrons. The average Bonchev–Trinajstić information content (AvgIpc) is 2.31. The lowest BCUT2D eigenvalue weighted by molar-refractivity contribution is -0.133. The van der Waals surface area contributed by atoms with Crippen LogP contribution in [0.25, 0.3) is 0 Å². The lowest BCUT2D eigenvalue weighted by Crippen LogP contribution is -2.27. The Morgan fingerprint density at radius 1 is 1.33 bits per heavy atom. The summed E-state index contributed by atoms with van der Waals surface area (Å²) in [5.41, 5.74) is 1.01. The zero-order chi connectivity index (χ0) is 13.4. The van der Waals surface area contributed by atoms with E-state index in [1.54, 1.807) is 0 Å². The molecule has 0 aliphatic heterocycles. The van der Waals surface area contributed by atoms with Crippen LogP contribution in [-0.2, 0) is 16.0 Å². The molecule has 0 aliphatic carbocycles. The Labute approximate surface area is 124 Å². The molecule has 18 heavy (non-hydrogen) atoms. The van der Waals surface area contributed by atoms with Gasteiger partial charge in [0.15, 0.2) is 0 Å². The van der Waals surface area contributed by atoms with Crippen molar-refractivity contribution in [3.05, 3.63) is 33.4 Å². The highest BCUT2D eigenvalue weighted by molar-refractivity contribution is 14.1. The fourth-order valence-electron chi connectivity index (χ4n) is 1.30. The fraction of sp³-hybridized carbons (Fsp3) is 0.333. The number of halogens is 1. The molecule has 2 N–H and O–H groups in total. The number of benzene rings is 1. The normalized spacial score (nSPS) is 10.1. The molecule has 1 aromatic rings. The number of carboxylic acid groups (broad SMARTS) is 1. The van der Waals surface area contributed by atoms with Crippen molar-refractivity contribution in [2.24, 2.45) is 0 Å². The Bertz CT molecular complexity index is 426. The molecule has 0 spiro atoms. The standard InChI is InChI=1S/C12H14INO3S/c13-10-4-2-1-3-9(10)7-11(15)14-5-6-18-8-12(16)17/h1-4H,5-8H2,(H,14,15)(H,16,17). The fourth-order valence-corrected chi connectivity index (χ4v) is 2.44. The monoisotopic (exact) mass is 379 g/mol. The molecular formula is C12H14INO3S. The van der Waals surface area contributed by atoms with Gasteiger partial charge in [0.2, 0.25) is 5.91 Å². The number of carbonyl (C=O) groups is 2. The van der Waals surface area contributed by atoms with E-state index in [4.69, 9.17) is 5.11 Å². The number of rotatable bonds is 7. The van der Waals surface area contributed by atoms with Gasteiger partial charge < -0.3 is 10.4 Å². The SMILES string of the molecule is O=C(O)CSCCNC(=O)Cc1ccccc1I. The molecule has 0 aliphatic rings. The van der Waals surface area contributed by atoms with Crippen molar-refractivity contribution < 1.29 is 14.7 Å². The van der Waals surface area contributed by atoms with E-state index in [0.29, 0.717) is 18.7 Å². The molecule has 6 heteroatoms.